The highest BCUT2D eigenvalue weighted by Gasteiger charge is 2.08. The molecule has 1 heterocycles. The van der Waals surface area contributed by atoms with Crippen LogP contribution in [-0.4, -0.2) is 30.0 Å². The monoisotopic (exact) mass is 320 g/mol. The van der Waals surface area contributed by atoms with Crippen molar-refractivity contribution in [3.63, 3.8) is 0 Å². The normalized spacial score (nSPS) is 10.1. The molecule has 0 radical (unpaired) electrons. The summed E-state index contributed by atoms with van der Waals surface area (Å²) in [6, 6.07) is 7.56. The lowest BCUT2D eigenvalue weighted by atomic mass is 10.2. The van der Waals surface area contributed by atoms with Crippen LogP contribution < -0.4 is 10.2 Å². The standard InChI is InChI=1S/C13H13BrN4O/c1-18(2)10-5-3-9(4-6-10)17-13(19)11-7-16-12(14)8-15-11/h3-8H,1-2H3,(H,17,19). The van der Waals surface area contributed by atoms with E-state index in [1.165, 1.54) is 12.4 Å². The second-order valence-electron chi connectivity index (χ2n) is 4.12. The zero-order chi connectivity index (χ0) is 13.8. The van der Waals surface area contributed by atoms with Gasteiger partial charge < -0.3 is 10.2 Å². The van der Waals surface area contributed by atoms with Crippen molar-refractivity contribution in [2.45, 2.75) is 0 Å². The van der Waals surface area contributed by atoms with Gasteiger partial charge in [-0.05, 0) is 40.2 Å². The number of rotatable bonds is 3. The summed E-state index contributed by atoms with van der Waals surface area (Å²) < 4.78 is 0.597. The Morgan fingerprint density at radius 2 is 1.84 bits per heavy atom. The number of nitrogens with zero attached hydrogens (tertiary/aromatic N) is 3. The van der Waals surface area contributed by atoms with Gasteiger partial charge >= 0.3 is 0 Å². The molecule has 6 heteroatoms. The highest BCUT2D eigenvalue weighted by molar-refractivity contribution is 9.10. The number of benzene rings is 1. The van der Waals surface area contributed by atoms with Crippen LogP contribution in [0.25, 0.3) is 0 Å². The molecular weight excluding hydrogens is 308 g/mol. The number of aromatic nitrogens is 2. The first-order chi connectivity index (χ1) is 9.06. The molecule has 1 aromatic carbocycles. The number of amides is 1. The van der Waals surface area contributed by atoms with Gasteiger partial charge in [0.2, 0.25) is 0 Å². The van der Waals surface area contributed by atoms with Gasteiger partial charge in [0.25, 0.3) is 5.91 Å². The Balaban J connectivity index is 2.08. The number of carbonyl (C=O) groups is 1. The summed E-state index contributed by atoms with van der Waals surface area (Å²) in [6.07, 6.45) is 2.91. The molecule has 5 nitrogen and oxygen atoms in total. The molecule has 0 aliphatic heterocycles. The molecule has 0 saturated heterocycles. The Morgan fingerprint density at radius 1 is 1.16 bits per heavy atom. The minimum absolute atomic E-state index is 0.278. The predicted molar refractivity (Wildman–Crippen MR) is 78.5 cm³/mol. The van der Waals surface area contributed by atoms with Crippen LogP contribution >= 0.6 is 15.9 Å². The van der Waals surface area contributed by atoms with Crippen LogP contribution in [0.2, 0.25) is 0 Å². The number of carbonyl (C=O) groups excluding carboxylic acids is 1. The summed E-state index contributed by atoms with van der Waals surface area (Å²) >= 11 is 3.17. The summed E-state index contributed by atoms with van der Waals surface area (Å²) in [5.41, 5.74) is 2.07. The van der Waals surface area contributed by atoms with E-state index in [0.717, 1.165) is 11.4 Å². The van der Waals surface area contributed by atoms with Crippen molar-refractivity contribution in [1.29, 1.82) is 0 Å². The Hall–Kier alpha value is -1.95. The van der Waals surface area contributed by atoms with Crippen LogP contribution in [0.1, 0.15) is 10.5 Å². The van der Waals surface area contributed by atoms with Gasteiger partial charge in [-0.25, -0.2) is 9.97 Å². The molecule has 0 bridgehead atoms. The van der Waals surface area contributed by atoms with E-state index in [-0.39, 0.29) is 11.6 Å². The minimum Gasteiger partial charge on any atom is -0.378 e. The molecule has 0 aliphatic rings. The second kappa shape index (κ2) is 5.79. The smallest absolute Gasteiger partial charge is 0.275 e. The minimum atomic E-state index is -0.280. The molecule has 19 heavy (non-hydrogen) atoms. The lowest BCUT2D eigenvalue weighted by Gasteiger charge is -2.12. The molecular formula is C13H13BrN4O. The molecule has 98 valence electrons. The van der Waals surface area contributed by atoms with E-state index in [1.54, 1.807) is 0 Å². The highest BCUT2D eigenvalue weighted by atomic mass is 79.9. The first-order valence-electron chi connectivity index (χ1n) is 5.62. The van der Waals surface area contributed by atoms with E-state index in [2.05, 4.69) is 31.2 Å². The van der Waals surface area contributed by atoms with Gasteiger partial charge in [0.05, 0.1) is 12.4 Å². The van der Waals surface area contributed by atoms with Crippen molar-refractivity contribution in [2.24, 2.45) is 0 Å². The largest absolute Gasteiger partial charge is 0.378 e. The predicted octanol–water partition coefficient (Wildman–Crippen LogP) is 2.56. The van der Waals surface area contributed by atoms with Crippen molar-refractivity contribution >= 4 is 33.2 Å². The van der Waals surface area contributed by atoms with Crippen molar-refractivity contribution in [2.75, 3.05) is 24.3 Å². The van der Waals surface area contributed by atoms with E-state index in [4.69, 9.17) is 0 Å². The molecule has 2 aromatic rings. The van der Waals surface area contributed by atoms with E-state index in [1.807, 2.05) is 43.3 Å². The van der Waals surface area contributed by atoms with Crippen LogP contribution in [0.4, 0.5) is 11.4 Å². The molecule has 0 aliphatic carbocycles. The zero-order valence-electron chi connectivity index (χ0n) is 10.6. The maximum absolute atomic E-state index is 11.9. The first kappa shape index (κ1) is 13.5. The van der Waals surface area contributed by atoms with E-state index in [0.29, 0.717) is 4.60 Å². The van der Waals surface area contributed by atoms with Crippen molar-refractivity contribution < 1.29 is 4.79 Å². The summed E-state index contributed by atoms with van der Waals surface area (Å²) in [7, 11) is 3.93. The maximum atomic E-state index is 11.9. The average molecular weight is 321 g/mol. The van der Waals surface area contributed by atoms with Crippen molar-refractivity contribution in [1.82, 2.24) is 9.97 Å². The van der Waals surface area contributed by atoms with Gasteiger partial charge in [-0.3, -0.25) is 4.79 Å². The van der Waals surface area contributed by atoms with Crippen LogP contribution in [0.15, 0.2) is 41.3 Å². The number of anilines is 2. The third-order valence-corrected chi connectivity index (χ3v) is 2.90. The van der Waals surface area contributed by atoms with Crippen LogP contribution in [0.3, 0.4) is 0 Å². The van der Waals surface area contributed by atoms with Gasteiger partial charge in [0.15, 0.2) is 0 Å². The van der Waals surface area contributed by atoms with Crippen molar-refractivity contribution in [3.8, 4) is 0 Å². The van der Waals surface area contributed by atoms with Crippen molar-refractivity contribution in [3.05, 3.63) is 47.0 Å². The molecule has 0 spiro atoms. The number of hydrogen-bond acceptors (Lipinski definition) is 4. The molecule has 0 atom stereocenters. The molecule has 1 aromatic heterocycles. The van der Waals surface area contributed by atoms with E-state index >= 15 is 0 Å². The van der Waals surface area contributed by atoms with Crippen LogP contribution in [0.5, 0.6) is 0 Å². The first-order valence-corrected chi connectivity index (χ1v) is 6.42. The third kappa shape index (κ3) is 3.51. The summed E-state index contributed by atoms with van der Waals surface area (Å²) in [6.45, 7) is 0. The number of halogens is 1. The average Bonchev–Trinajstić information content (AvgIpc) is 2.40. The fourth-order valence-corrected chi connectivity index (χ4v) is 1.67. The van der Waals surface area contributed by atoms with E-state index in [9.17, 15) is 4.79 Å². The molecule has 0 saturated carbocycles. The van der Waals surface area contributed by atoms with E-state index < -0.39 is 0 Å². The SMILES string of the molecule is CN(C)c1ccc(NC(=O)c2cnc(Br)cn2)cc1. The van der Waals surface area contributed by atoms with Gasteiger partial charge in [-0.15, -0.1) is 0 Å². The molecule has 1 N–H and O–H groups in total. The van der Waals surface area contributed by atoms with Gasteiger partial charge in [0, 0.05) is 25.5 Å². The molecule has 0 unspecified atom stereocenters. The second-order valence-corrected chi connectivity index (χ2v) is 4.93. The van der Waals surface area contributed by atoms with Gasteiger partial charge in [-0.1, -0.05) is 0 Å². The van der Waals surface area contributed by atoms with Crippen LogP contribution in [-0.2, 0) is 0 Å². The van der Waals surface area contributed by atoms with Gasteiger partial charge in [0.1, 0.15) is 10.3 Å². The quantitative estimate of drug-likeness (QED) is 0.944. The molecule has 1 amide bonds. The molecule has 0 fully saturated rings. The lowest BCUT2D eigenvalue weighted by Crippen LogP contribution is -2.14. The number of nitrogens with one attached hydrogen (secondary N) is 1. The Morgan fingerprint density at radius 3 is 2.37 bits per heavy atom. The summed E-state index contributed by atoms with van der Waals surface area (Å²) in [5.74, 6) is -0.280. The number of hydrogen-bond donors (Lipinski definition) is 1. The molecule has 2 rings (SSSR count). The Kier molecular flexibility index (Phi) is 4.11. The fourth-order valence-electron chi connectivity index (χ4n) is 1.47. The fraction of sp³-hybridized carbons (Fsp3) is 0.154. The lowest BCUT2D eigenvalue weighted by molar-refractivity contribution is 0.102. The topological polar surface area (TPSA) is 58.1 Å². The zero-order valence-corrected chi connectivity index (χ0v) is 12.2. The summed E-state index contributed by atoms with van der Waals surface area (Å²) in [5, 5.41) is 2.77. The van der Waals surface area contributed by atoms with Crippen LogP contribution in [0, 0.1) is 0 Å². The highest BCUT2D eigenvalue weighted by Crippen LogP contribution is 2.16. The summed E-state index contributed by atoms with van der Waals surface area (Å²) in [4.78, 5) is 21.9. The Bertz CT molecular complexity index is 566. The third-order valence-electron chi connectivity index (χ3n) is 2.49. The maximum Gasteiger partial charge on any atom is 0.275 e. The van der Waals surface area contributed by atoms with Gasteiger partial charge in [-0.2, -0.15) is 0 Å². The Labute approximate surface area is 119 Å².